The normalized spacial score (nSPS) is 26.2. The summed E-state index contributed by atoms with van der Waals surface area (Å²) in [6.45, 7) is 2.02. The monoisotopic (exact) mass is 190 g/mol. The van der Waals surface area contributed by atoms with Gasteiger partial charge in [-0.25, -0.2) is 5.43 Å². The Bertz CT molecular complexity index is 323. The first-order chi connectivity index (χ1) is 6.77. The molecule has 0 saturated carbocycles. The van der Waals surface area contributed by atoms with Gasteiger partial charge in [-0.15, -0.1) is 0 Å². The molecule has 2 unspecified atom stereocenters. The molecular formula is C11H14N2O. The predicted molar refractivity (Wildman–Crippen MR) is 54.4 cm³/mol. The molecule has 1 aromatic rings. The van der Waals surface area contributed by atoms with Crippen LogP contribution in [0, 0.1) is 5.92 Å². The van der Waals surface area contributed by atoms with Crippen LogP contribution in [0.4, 0.5) is 0 Å². The second-order valence-electron chi connectivity index (χ2n) is 3.72. The van der Waals surface area contributed by atoms with Crippen molar-refractivity contribution in [3.63, 3.8) is 0 Å². The van der Waals surface area contributed by atoms with Crippen LogP contribution < -0.4 is 10.9 Å². The highest BCUT2D eigenvalue weighted by Gasteiger charge is 2.30. The van der Waals surface area contributed by atoms with Crippen molar-refractivity contribution < 1.29 is 4.79 Å². The van der Waals surface area contributed by atoms with Crippen LogP contribution in [-0.2, 0) is 11.2 Å². The largest absolute Gasteiger partial charge is 0.291 e. The summed E-state index contributed by atoms with van der Waals surface area (Å²) < 4.78 is 0. The lowest BCUT2D eigenvalue weighted by Crippen LogP contribution is -2.29. The van der Waals surface area contributed by atoms with E-state index in [1.54, 1.807) is 0 Å². The first kappa shape index (κ1) is 9.21. The molecule has 0 aromatic heterocycles. The van der Waals surface area contributed by atoms with E-state index >= 15 is 0 Å². The van der Waals surface area contributed by atoms with E-state index in [2.05, 4.69) is 23.0 Å². The number of amides is 1. The molecule has 2 atom stereocenters. The SMILES string of the molecule is CC1NNC(=O)C1Cc1ccccc1. The topological polar surface area (TPSA) is 41.1 Å². The minimum atomic E-state index is 0.0531. The molecule has 2 rings (SSSR count). The van der Waals surface area contributed by atoms with Crippen LogP contribution in [-0.4, -0.2) is 11.9 Å². The lowest BCUT2D eigenvalue weighted by atomic mass is 9.94. The quantitative estimate of drug-likeness (QED) is 0.726. The highest BCUT2D eigenvalue weighted by molar-refractivity contribution is 5.81. The van der Waals surface area contributed by atoms with Gasteiger partial charge in [0.15, 0.2) is 0 Å². The number of hydrogen-bond donors (Lipinski definition) is 2. The van der Waals surface area contributed by atoms with Crippen molar-refractivity contribution in [3.8, 4) is 0 Å². The molecule has 0 spiro atoms. The number of carbonyl (C=O) groups excluding carboxylic acids is 1. The Kier molecular flexibility index (Phi) is 2.50. The van der Waals surface area contributed by atoms with E-state index in [1.165, 1.54) is 5.56 Å². The average molecular weight is 190 g/mol. The van der Waals surface area contributed by atoms with Crippen LogP contribution in [0.5, 0.6) is 0 Å². The van der Waals surface area contributed by atoms with Gasteiger partial charge in [0.25, 0.3) is 0 Å². The highest BCUT2D eigenvalue weighted by Crippen LogP contribution is 2.15. The molecule has 1 heterocycles. The molecule has 1 aliphatic heterocycles. The maximum Gasteiger partial charge on any atom is 0.239 e. The fourth-order valence-corrected chi connectivity index (χ4v) is 1.74. The van der Waals surface area contributed by atoms with E-state index in [9.17, 15) is 4.79 Å². The summed E-state index contributed by atoms with van der Waals surface area (Å²) in [6.07, 6.45) is 0.806. The lowest BCUT2D eigenvalue weighted by Gasteiger charge is -2.10. The molecule has 1 amide bonds. The standard InChI is InChI=1S/C11H14N2O/c1-8-10(11(14)13-12-8)7-9-5-3-2-4-6-9/h2-6,8,10,12H,7H2,1H3,(H,13,14). The molecule has 0 aliphatic carbocycles. The van der Waals surface area contributed by atoms with Crippen LogP contribution in [0.2, 0.25) is 0 Å². The summed E-state index contributed by atoms with van der Waals surface area (Å²) >= 11 is 0. The van der Waals surface area contributed by atoms with Crippen LogP contribution in [0.1, 0.15) is 12.5 Å². The number of hydrogen-bond acceptors (Lipinski definition) is 2. The zero-order valence-corrected chi connectivity index (χ0v) is 8.16. The zero-order chi connectivity index (χ0) is 9.97. The smallest absolute Gasteiger partial charge is 0.239 e. The van der Waals surface area contributed by atoms with Crippen molar-refractivity contribution in [2.45, 2.75) is 19.4 Å². The van der Waals surface area contributed by atoms with E-state index in [0.29, 0.717) is 0 Å². The predicted octanol–water partition coefficient (Wildman–Crippen LogP) is 0.868. The second-order valence-corrected chi connectivity index (χ2v) is 3.72. The minimum absolute atomic E-state index is 0.0531. The fraction of sp³-hybridized carbons (Fsp3) is 0.364. The van der Waals surface area contributed by atoms with Gasteiger partial charge in [0.05, 0.1) is 5.92 Å². The van der Waals surface area contributed by atoms with Gasteiger partial charge in [-0.3, -0.25) is 10.2 Å². The van der Waals surface area contributed by atoms with Gasteiger partial charge in [0.2, 0.25) is 5.91 Å². The van der Waals surface area contributed by atoms with Gasteiger partial charge in [0.1, 0.15) is 0 Å². The second kappa shape index (κ2) is 3.80. The Morgan fingerprint density at radius 2 is 2.00 bits per heavy atom. The molecule has 74 valence electrons. The molecule has 3 heteroatoms. The molecule has 1 aromatic carbocycles. The third kappa shape index (κ3) is 1.77. The molecule has 14 heavy (non-hydrogen) atoms. The Morgan fingerprint density at radius 1 is 1.29 bits per heavy atom. The Hall–Kier alpha value is -1.35. The van der Waals surface area contributed by atoms with E-state index in [-0.39, 0.29) is 17.9 Å². The van der Waals surface area contributed by atoms with Gasteiger partial charge in [-0.2, -0.15) is 0 Å². The molecule has 1 aliphatic rings. The van der Waals surface area contributed by atoms with E-state index in [0.717, 1.165) is 6.42 Å². The van der Waals surface area contributed by atoms with Crippen LogP contribution in [0.25, 0.3) is 0 Å². The van der Waals surface area contributed by atoms with Crippen LogP contribution in [0.15, 0.2) is 30.3 Å². The van der Waals surface area contributed by atoms with E-state index in [1.807, 2.05) is 25.1 Å². The molecule has 0 bridgehead atoms. The Balaban J connectivity index is 2.07. The first-order valence-corrected chi connectivity index (χ1v) is 4.86. The van der Waals surface area contributed by atoms with Crippen molar-refractivity contribution in [3.05, 3.63) is 35.9 Å². The number of carbonyl (C=O) groups is 1. The van der Waals surface area contributed by atoms with Crippen molar-refractivity contribution in [1.82, 2.24) is 10.9 Å². The van der Waals surface area contributed by atoms with Crippen molar-refractivity contribution in [2.24, 2.45) is 5.92 Å². The Morgan fingerprint density at radius 3 is 2.57 bits per heavy atom. The minimum Gasteiger partial charge on any atom is -0.291 e. The van der Waals surface area contributed by atoms with Gasteiger partial charge in [-0.05, 0) is 18.9 Å². The van der Waals surface area contributed by atoms with Gasteiger partial charge >= 0.3 is 0 Å². The lowest BCUT2D eigenvalue weighted by molar-refractivity contribution is -0.122. The van der Waals surface area contributed by atoms with Crippen molar-refractivity contribution in [1.29, 1.82) is 0 Å². The van der Waals surface area contributed by atoms with Gasteiger partial charge in [-0.1, -0.05) is 30.3 Å². The summed E-state index contributed by atoms with van der Waals surface area (Å²) in [4.78, 5) is 11.4. The summed E-state index contributed by atoms with van der Waals surface area (Å²) in [5.41, 5.74) is 6.80. The summed E-state index contributed by atoms with van der Waals surface area (Å²) in [5, 5.41) is 0. The number of nitrogens with one attached hydrogen (secondary N) is 2. The molecule has 3 nitrogen and oxygen atoms in total. The number of rotatable bonds is 2. The highest BCUT2D eigenvalue weighted by atomic mass is 16.2. The summed E-state index contributed by atoms with van der Waals surface area (Å²) in [6, 6.07) is 10.3. The molecule has 0 radical (unpaired) electrons. The third-order valence-corrected chi connectivity index (χ3v) is 2.66. The third-order valence-electron chi connectivity index (χ3n) is 2.66. The summed E-state index contributed by atoms with van der Waals surface area (Å²) in [5.74, 6) is 0.152. The number of hydrazine groups is 1. The van der Waals surface area contributed by atoms with E-state index in [4.69, 9.17) is 0 Å². The fourth-order valence-electron chi connectivity index (χ4n) is 1.74. The molecule has 2 N–H and O–H groups in total. The first-order valence-electron chi connectivity index (χ1n) is 4.86. The Labute approximate surface area is 83.5 Å². The van der Waals surface area contributed by atoms with Crippen LogP contribution >= 0.6 is 0 Å². The average Bonchev–Trinajstić information content (AvgIpc) is 2.51. The zero-order valence-electron chi connectivity index (χ0n) is 8.16. The molecular weight excluding hydrogens is 176 g/mol. The van der Waals surface area contributed by atoms with E-state index < -0.39 is 0 Å². The van der Waals surface area contributed by atoms with Crippen molar-refractivity contribution >= 4 is 5.91 Å². The van der Waals surface area contributed by atoms with Crippen LogP contribution in [0.3, 0.4) is 0 Å². The summed E-state index contributed by atoms with van der Waals surface area (Å²) in [7, 11) is 0. The van der Waals surface area contributed by atoms with Crippen molar-refractivity contribution in [2.75, 3.05) is 0 Å². The molecule has 1 fully saturated rings. The van der Waals surface area contributed by atoms with Gasteiger partial charge < -0.3 is 0 Å². The molecule has 1 saturated heterocycles. The van der Waals surface area contributed by atoms with Gasteiger partial charge in [0, 0.05) is 6.04 Å². The maximum atomic E-state index is 11.4. The maximum absolute atomic E-state index is 11.4. The number of benzene rings is 1.